The van der Waals surface area contributed by atoms with Crippen molar-refractivity contribution in [3.8, 4) is 11.4 Å². The molecule has 0 amide bonds. The van der Waals surface area contributed by atoms with Crippen molar-refractivity contribution < 1.29 is 0 Å². The van der Waals surface area contributed by atoms with Crippen molar-refractivity contribution in [3.05, 3.63) is 42.5 Å². The van der Waals surface area contributed by atoms with Crippen LogP contribution in [0.1, 0.15) is 6.92 Å². The number of benzene rings is 2. The number of hydrogen-bond acceptors (Lipinski definition) is 4. The monoisotopic (exact) mass is 255 g/mol. The Morgan fingerprint density at radius 3 is 2.78 bits per heavy atom. The first-order chi connectivity index (χ1) is 8.86. The topological polar surface area (TPSA) is 37.8 Å². The third-order valence-electron chi connectivity index (χ3n) is 2.76. The van der Waals surface area contributed by atoms with E-state index in [4.69, 9.17) is 0 Å². The average molecular weight is 255 g/mol. The molecule has 1 aromatic heterocycles. The summed E-state index contributed by atoms with van der Waals surface area (Å²) in [5.74, 6) is 0.793. The lowest BCUT2D eigenvalue weighted by molar-refractivity contribution is 1.19. The summed E-state index contributed by atoms with van der Waals surface area (Å²) in [6.45, 7) is 2.92. The molecular formula is C14H13N3S. The van der Waals surface area contributed by atoms with Crippen LogP contribution in [0.3, 0.4) is 0 Å². The maximum atomic E-state index is 4.47. The summed E-state index contributed by atoms with van der Waals surface area (Å²) in [4.78, 5) is 4.47. The predicted molar refractivity (Wildman–Crippen MR) is 77.0 cm³/mol. The summed E-state index contributed by atoms with van der Waals surface area (Å²) in [6, 6.07) is 14.6. The molecule has 0 atom stereocenters. The van der Waals surface area contributed by atoms with Gasteiger partial charge in [0, 0.05) is 23.6 Å². The molecule has 0 aliphatic rings. The van der Waals surface area contributed by atoms with Crippen molar-refractivity contribution in [1.82, 2.24) is 9.36 Å². The van der Waals surface area contributed by atoms with Gasteiger partial charge in [-0.15, -0.1) is 0 Å². The molecule has 0 aliphatic carbocycles. The Bertz CT molecular complexity index is 675. The maximum Gasteiger partial charge on any atom is 0.202 e. The second kappa shape index (κ2) is 4.74. The van der Waals surface area contributed by atoms with Gasteiger partial charge in [0.1, 0.15) is 0 Å². The lowest BCUT2D eigenvalue weighted by Crippen LogP contribution is -1.94. The van der Waals surface area contributed by atoms with Crippen LogP contribution in [0.2, 0.25) is 0 Å². The largest absolute Gasteiger partial charge is 0.361 e. The van der Waals surface area contributed by atoms with Gasteiger partial charge in [-0.3, -0.25) is 0 Å². The Morgan fingerprint density at radius 2 is 1.94 bits per heavy atom. The molecule has 18 heavy (non-hydrogen) atoms. The number of nitrogens with zero attached hydrogens (tertiary/aromatic N) is 2. The average Bonchev–Trinajstić information content (AvgIpc) is 2.87. The number of nitrogens with one attached hydrogen (secondary N) is 1. The van der Waals surface area contributed by atoms with Crippen LogP contribution in [-0.4, -0.2) is 15.9 Å². The van der Waals surface area contributed by atoms with Crippen LogP contribution in [-0.2, 0) is 0 Å². The van der Waals surface area contributed by atoms with Crippen molar-refractivity contribution in [3.63, 3.8) is 0 Å². The minimum Gasteiger partial charge on any atom is -0.361 e. The predicted octanol–water partition coefficient (Wildman–Crippen LogP) is 3.79. The molecule has 0 aliphatic heterocycles. The van der Waals surface area contributed by atoms with E-state index in [1.807, 2.05) is 12.1 Å². The normalized spacial score (nSPS) is 10.7. The van der Waals surface area contributed by atoms with Crippen molar-refractivity contribution in [1.29, 1.82) is 0 Å². The van der Waals surface area contributed by atoms with Gasteiger partial charge >= 0.3 is 0 Å². The Morgan fingerprint density at radius 1 is 1.11 bits per heavy atom. The summed E-state index contributed by atoms with van der Waals surface area (Å²) >= 11 is 1.40. The number of aromatic nitrogens is 2. The molecule has 1 heterocycles. The first-order valence-electron chi connectivity index (χ1n) is 5.93. The third kappa shape index (κ3) is 2.07. The van der Waals surface area contributed by atoms with Crippen LogP contribution in [0, 0.1) is 0 Å². The number of hydrogen-bond donors (Lipinski definition) is 1. The van der Waals surface area contributed by atoms with Crippen LogP contribution >= 0.6 is 11.5 Å². The van der Waals surface area contributed by atoms with Gasteiger partial charge < -0.3 is 5.32 Å². The first kappa shape index (κ1) is 11.2. The lowest BCUT2D eigenvalue weighted by atomic mass is 10.1. The van der Waals surface area contributed by atoms with Crippen molar-refractivity contribution >= 4 is 27.4 Å². The molecule has 90 valence electrons. The van der Waals surface area contributed by atoms with Gasteiger partial charge in [0.05, 0.1) is 0 Å². The molecule has 0 radical (unpaired) electrons. The molecule has 2 aromatic carbocycles. The van der Waals surface area contributed by atoms with Gasteiger partial charge in [-0.05, 0) is 23.8 Å². The highest BCUT2D eigenvalue weighted by molar-refractivity contribution is 7.09. The minimum absolute atomic E-state index is 0.793. The molecule has 0 saturated carbocycles. The van der Waals surface area contributed by atoms with Gasteiger partial charge in [0.2, 0.25) is 5.13 Å². The Labute approximate surface area is 110 Å². The van der Waals surface area contributed by atoms with Crippen LogP contribution in [0.25, 0.3) is 22.2 Å². The fraction of sp³-hybridized carbons (Fsp3) is 0.143. The summed E-state index contributed by atoms with van der Waals surface area (Å²) in [7, 11) is 0. The SMILES string of the molecule is CCNc1nc(-c2ccc3ccccc3c2)ns1. The van der Waals surface area contributed by atoms with Gasteiger partial charge in [0.15, 0.2) is 5.82 Å². The summed E-state index contributed by atoms with van der Waals surface area (Å²) < 4.78 is 4.38. The van der Waals surface area contributed by atoms with E-state index in [0.717, 1.165) is 23.1 Å². The Hall–Kier alpha value is -1.94. The molecule has 0 saturated heterocycles. The number of anilines is 1. The zero-order valence-corrected chi connectivity index (χ0v) is 10.9. The molecule has 0 fully saturated rings. The standard InChI is InChI=1S/C14H13N3S/c1-2-15-14-16-13(17-18-14)12-8-7-10-5-3-4-6-11(10)9-12/h3-9H,2H2,1H3,(H,15,16,17). The third-order valence-corrected chi connectivity index (χ3v) is 3.43. The summed E-state index contributed by atoms with van der Waals surface area (Å²) in [5, 5.41) is 6.51. The van der Waals surface area contributed by atoms with E-state index in [-0.39, 0.29) is 0 Å². The highest BCUT2D eigenvalue weighted by Gasteiger charge is 2.06. The molecular weight excluding hydrogens is 242 g/mol. The molecule has 1 N–H and O–H groups in total. The quantitative estimate of drug-likeness (QED) is 0.773. The van der Waals surface area contributed by atoms with Crippen molar-refractivity contribution in [2.24, 2.45) is 0 Å². The molecule has 4 heteroatoms. The summed E-state index contributed by atoms with van der Waals surface area (Å²) in [6.07, 6.45) is 0. The highest BCUT2D eigenvalue weighted by Crippen LogP contribution is 2.24. The molecule has 0 unspecified atom stereocenters. The van der Waals surface area contributed by atoms with Crippen LogP contribution < -0.4 is 5.32 Å². The second-order valence-corrected chi connectivity index (χ2v) is 4.77. The zero-order valence-electron chi connectivity index (χ0n) is 10.1. The fourth-order valence-corrected chi connectivity index (χ4v) is 2.55. The molecule has 0 spiro atoms. The van der Waals surface area contributed by atoms with E-state index in [2.05, 4.69) is 51.9 Å². The Balaban J connectivity index is 2.02. The number of rotatable bonds is 3. The maximum absolute atomic E-state index is 4.47. The molecule has 3 aromatic rings. The first-order valence-corrected chi connectivity index (χ1v) is 6.71. The van der Waals surface area contributed by atoms with E-state index in [1.54, 1.807) is 0 Å². The van der Waals surface area contributed by atoms with E-state index < -0.39 is 0 Å². The van der Waals surface area contributed by atoms with Crippen LogP contribution in [0.5, 0.6) is 0 Å². The van der Waals surface area contributed by atoms with Crippen molar-refractivity contribution in [2.45, 2.75) is 6.92 Å². The molecule has 0 bridgehead atoms. The van der Waals surface area contributed by atoms with E-state index in [1.165, 1.54) is 22.3 Å². The van der Waals surface area contributed by atoms with E-state index >= 15 is 0 Å². The Kier molecular flexibility index (Phi) is 2.94. The van der Waals surface area contributed by atoms with Crippen LogP contribution in [0.4, 0.5) is 5.13 Å². The molecule has 3 nitrogen and oxygen atoms in total. The fourth-order valence-electron chi connectivity index (χ4n) is 1.89. The van der Waals surface area contributed by atoms with Gasteiger partial charge in [-0.25, -0.2) is 0 Å². The zero-order chi connectivity index (χ0) is 12.4. The number of fused-ring (bicyclic) bond motifs is 1. The smallest absolute Gasteiger partial charge is 0.202 e. The van der Waals surface area contributed by atoms with Gasteiger partial charge in [0.25, 0.3) is 0 Å². The minimum atomic E-state index is 0.793. The van der Waals surface area contributed by atoms with Gasteiger partial charge in [-0.2, -0.15) is 9.36 Å². The van der Waals surface area contributed by atoms with Crippen molar-refractivity contribution in [2.75, 3.05) is 11.9 Å². The van der Waals surface area contributed by atoms with Gasteiger partial charge in [-0.1, -0.05) is 36.4 Å². The van der Waals surface area contributed by atoms with E-state index in [0.29, 0.717) is 0 Å². The van der Waals surface area contributed by atoms with Crippen LogP contribution in [0.15, 0.2) is 42.5 Å². The summed E-state index contributed by atoms with van der Waals surface area (Å²) in [5.41, 5.74) is 1.06. The second-order valence-electron chi connectivity index (χ2n) is 4.02. The van der Waals surface area contributed by atoms with E-state index in [9.17, 15) is 0 Å². The molecule has 3 rings (SSSR count). The lowest BCUT2D eigenvalue weighted by Gasteiger charge is -1.99. The highest BCUT2D eigenvalue weighted by atomic mass is 32.1.